The third-order valence-electron chi connectivity index (χ3n) is 1.51. The van der Waals surface area contributed by atoms with Crippen molar-refractivity contribution in [3.05, 3.63) is 24.3 Å². The number of ether oxygens (including phenoxy) is 1. The zero-order valence-corrected chi connectivity index (χ0v) is 7.84. The quantitative estimate of drug-likeness (QED) is 0.527. The highest BCUT2D eigenvalue weighted by Crippen LogP contribution is 2.15. The highest BCUT2D eigenvalue weighted by atomic mass is 32.2. The van der Waals surface area contributed by atoms with E-state index in [1.807, 2.05) is 0 Å². The molecule has 0 heterocycles. The Morgan fingerprint density at radius 3 is 2.69 bits per heavy atom. The number of hydrogen-bond donors (Lipinski definition) is 2. The van der Waals surface area contributed by atoms with E-state index >= 15 is 0 Å². The maximum Gasteiger partial charge on any atom is 0.253 e. The second-order valence-electron chi connectivity index (χ2n) is 2.30. The van der Waals surface area contributed by atoms with Gasteiger partial charge in [0.05, 0.1) is 12.0 Å². The summed E-state index contributed by atoms with van der Waals surface area (Å²) < 4.78 is 27.2. The lowest BCUT2D eigenvalue weighted by molar-refractivity contribution is 0.413. The number of rotatable bonds is 3. The predicted molar refractivity (Wildman–Crippen MR) is 47.5 cm³/mol. The lowest BCUT2D eigenvalue weighted by Crippen LogP contribution is -2.30. The van der Waals surface area contributed by atoms with Gasteiger partial charge in [-0.05, 0) is 12.1 Å². The number of methoxy groups -OCH3 is 1. The van der Waals surface area contributed by atoms with Crippen LogP contribution in [0.3, 0.4) is 0 Å². The van der Waals surface area contributed by atoms with Crippen LogP contribution in [0.5, 0.6) is 5.75 Å². The van der Waals surface area contributed by atoms with Gasteiger partial charge in [0.2, 0.25) is 0 Å². The van der Waals surface area contributed by atoms with Crippen molar-refractivity contribution in [2.24, 2.45) is 5.84 Å². The third kappa shape index (κ3) is 2.18. The molecule has 0 radical (unpaired) electrons. The molecule has 1 aromatic rings. The first-order chi connectivity index (χ1) is 6.10. The molecule has 1 rings (SSSR count). The Labute approximate surface area is 76.5 Å². The molecule has 0 spiro atoms. The number of benzene rings is 1. The molecule has 0 unspecified atom stereocenters. The molecule has 1 aromatic carbocycles. The Balaban J connectivity index is 3.17. The number of sulfonamides is 1. The lowest BCUT2D eigenvalue weighted by Gasteiger charge is -2.03. The van der Waals surface area contributed by atoms with Crippen molar-refractivity contribution in [1.82, 2.24) is 4.83 Å². The monoisotopic (exact) mass is 202 g/mol. The maximum absolute atomic E-state index is 11.2. The van der Waals surface area contributed by atoms with E-state index in [0.717, 1.165) is 0 Å². The van der Waals surface area contributed by atoms with Crippen LogP contribution in [0.1, 0.15) is 0 Å². The Morgan fingerprint density at radius 1 is 1.46 bits per heavy atom. The summed E-state index contributed by atoms with van der Waals surface area (Å²) in [6.07, 6.45) is 0. The van der Waals surface area contributed by atoms with Crippen molar-refractivity contribution in [3.8, 4) is 5.75 Å². The van der Waals surface area contributed by atoms with E-state index < -0.39 is 10.0 Å². The molecule has 0 aliphatic heterocycles. The van der Waals surface area contributed by atoms with Crippen molar-refractivity contribution in [2.75, 3.05) is 7.11 Å². The van der Waals surface area contributed by atoms with Crippen molar-refractivity contribution in [1.29, 1.82) is 0 Å². The summed E-state index contributed by atoms with van der Waals surface area (Å²) in [4.78, 5) is 1.80. The minimum atomic E-state index is -3.58. The molecule has 13 heavy (non-hydrogen) atoms. The molecule has 0 bridgehead atoms. The molecule has 0 amide bonds. The molecule has 0 saturated carbocycles. The summed E-state index contributed by atoms with van der Waals surface area (Å²) in [7, 11) is -2.12. The van der Waals surface area contributed by atoms with Gasteiger partial charge in [-0.25, -0.2) is 8.42 Å². The molecule has 0 saturated heterocycles. The van der Waals surface area contributed by atoms with Crippen LogP contribution in [0.4, 0.5) is 0 Å². The molecule has 3 N–H and O–H groups in total. The Hall–Kier alpha value is -1.11. The molecular weight excluding hydrogens is 192 g/mol. The van der Waals surface area contributed by atoms with Crippen molar-refractivity contribution < 1.29 is 13.2 Å². The molecule has 0 atom stereocenters. The molecule has 72 valence electrons. The number of nitrogens with two attached hydrogens (primary N) is 1. The second-order valence-corrected chi connectivity index (χ2v) is 4.01. The van der Waals surface area contributed by atoms with E-state index in [1.165, 1.54) is 19.2 Å². The van der Waals surface area contributed by atoms with Gasteiger partial charge in [0.1, 0.15) is 5.75 Å². The average Bonchev–Trinajstić information content (AvgIpc) is 2.18. The van der Waals surface area contributed by atoms with Crippen LogP contribution in [-0.2, 0) is 10.0 Å². The van der Waals surface area contributed by atoms with E-state index in [4.69, 9.17) is 10.6 Å². The van der Waals surface area contributed by atoms with Gasteiger partial charge >= 0.3 is 0 Å². The van der Waals surface area contributed by atoms with Crippen LogP contribution in [0.2, 0.25) is 0 Å². The molecule has 0 aliphatic rings. The normalized spacial score (nSPS) is 11.2. The lowest BCUT2D eigenvalue weighted by atomic mass is 10.3. The van der Waals surface area contributed by atoms with Crippen molar-refractivity contribution in [2.45, 2.75) is 4.90 Å². The molecule has 6 heteroatoms. The first-order valence-corrected chi connectivity index (χ1v) is 4.95. The van der Waals surface area contributed by atoms with Crippen LogP contribution >= 0.6 is 0 Å². The van der Waals surface area contributed by atoms with Gasteiger partial charge in [-0.1, -0.05) is 6.07 Å². The van der Waals surface area contributed by atoms with Gasteiger partial charge in [0.15, 0.2) is 0 Å². The smallest absolute Gasteiger partial charge is 0.253 e. The summed E-state index contributed by atoms with van der Waals surface area (Å²) in [5, 5.41) is 0. The van der Waals surface area contributed by atoms with Crippen LogP contribution in [0.25, 0.3) is 0 Å². The van der Waals surface area contributed by atoms with Crippen LogP contribution in [-0.4, -0.2) is 15.5 Å². The minimum absolute atomic E-state index is 0.0781. The van der Waals surface area contributed by atoms with Crippen molar-refractivity contribution in [3.63, 3.8) is 0 Å². The van der Waals surface area contributed by atoms with E-state index in [9.17, 15) is 8.42 Å². The fourth-order valence-corrected chi connectivity index (χ4v) is 1.50. The van der Waals surface area contributed by atoms with E-state index in [1.54, 1.807) is 17.0 Å². The molecular formula is C7H10N2O3S. The van der Waals surface area contributed by atoms with Gasteiger partial charge < -0.3 is 4.74 Å². The highest BCUT2D eigenvalue weighted by molar-refractivity contribution is 7.89. The van der Waals surface area contributed by atoms with Gasteiger partial charge in [-0.3, -0.25) is 5.84 Å². The van der Waals surface area contributed by atoms with Crippen LogP contribution in [0.15, 0.2) is 29.2 Å². The van der Waals surface area contributed by atoms with Gasteiger partial charge in [-0.15, -0.1) is 0 Å². The molecule has 0 fully saturated rings. The fourth-order valence-electron chi connectivity index (χ4n) is 0.836. The van der Waals surface area contributed by atoms with Crippen molar-refractivity contribution >= 4 is 10.0 Å². The summed E-state index contributed by atoms with van der Waals surface area (Å²) in [5.74, 6) is 5.32. The maximum atomic E-state index is 11.2. The first kappa shape index (κ1) is 9.97. The van der Waals surface area contributed by atoms with E-state index in [-0.39, 0.29) is 4.90 Å². The molecule has 0 aliphatic carbocycles. The topological polar surface area (TPSA) is 81.4 Å². The largest absolute Gasteiger partial charge is 0.497 e. The number of nitrogens with one attached hydrogen (secondary N) is 1. The van der Waals surface area contributed by atoms with Crippen LogP contribution < -0.4 is 15.4 Å². The van der Waals surface area contributed by atoms with E-state index in [0.29, 0.717) is 5.75 Å². The average molecular weight is 202 g/mol. The summed E-state index contributed by atoms with van der Waals surface area (Å²) in [6.45, 7) is 0. The number of hydrogen-bond acceptors (Lipinski definition) is 4. The highest BCUT2D eigenvalue weighted by Gasteiger charge is 2.11. The number of hydrazine groups is 1. The second kappa shape index (κ2) is 3.73. The Bertz CT molecular complexity index is 388. The van der Waals surface area contributed by atoms with Gasteiger partial charge in [0, 0.05) is 6.07 Å². The summed E-state index contributed by atoms with van der Waals surface area (Å²) in [5.41, 5.74) is 0. The zero-order chi connectivity index (χ0) is 9.90. The van der Waals surface area contributed by atoms with E-state index in [2.05, 4.69) is 0 Å². The Kier molecular flexibility index (Phi) is 2.86. The van der Waals surface area contributed by atoms with Gasteiger partial charge in [-0.2, -0.15) is 4.83 Å². The first-order valence-electron chi connectivity index (χ1n) is 3.46. The fraction of sp³-hybridized carbons (Fsp3) is 0.143. The predicted octanol–water partition coefficient (Wildman–Crippen LogP) is -0.153. The molecule has 0 aromatic heterocycles. The molecule has 5 nitrogen and oxygen atoms in total. The van der Waals surface area contributed by atoms with Crippen LogP contribution in [0, 0.1) is 0 Å². The third-order valence-corrected chi connectivity index (χ3v) is 2.69. The summed E-state index contributed by atoms with van der Waals surface area (Å²) >= 11 is 0. The summed E-state index contributed by atoms with van der Waals surface area (Å²) in [6, 6.07) is 6.03. The Morgan fingerprint density at radius 2 is 2.15 bits per heavy atom. The minimum Gasteiger partial charge on any atom is -0.497 e. The SMILES string of the molecule is COc1cccc(S(=O)(=O)NN)c1. The van der Waals surface area contributed by atoms with Gasteiger partial charge in [0.25, 0.3) is 10.0 Å². The zero-order valence-electron chi connectivity index (χ0n) is 7.02. The standard InChI is InChI=1S/C7H10N2O3S/c1-12-6-3-2-4-7(5-6)13(10,11)9-8/h2-5,9H,8H2,1H3.